The van der Waals surface area contributed by atoms with Crippen LogP contribution in [-0.4, -0.2) is 28.7 Å². The average molecular weight is 265 g/mol. The lowest BCUT2D eigenvalue weighted by Gasteiger charge is -2.02. The third kappa shape index (κ3) is 3.06. The Kier molecular flexibility index (Phi) is 3.74. The molecular formula is C12H12FN3O3. The van der Waals surface area contributed by atoms with E-state index in [1.54, 1.807) is 6.92 Å². The third-order valence-corrected chi connectivity index (χ3v) is 2.39. The molecule has 1 amide bonds. The Labute approximate surface area is 107 Å². The lowest BCUT2D eigenvalue weighted by Crippen LogP contribution is -2.18. The molecule has 1 aromatic carbocycles. The van der Waals surface area contributed by atoms with Crippen molar-refractivity contribution in [3.8, 4) is 0 Å². The number of rotatable bonds is 4. The van der Waals surface area contributed by atoms with Crippen molar-refractivity contribution in [1.82, 2.24) is 10.2 Å². The number of hydrogen-bond acceptors (Lipinski definition) is 4. The highest BCUT2D eigenvalue weighted by Gasteiger charge is 2.14. The largest absolute Gasteiger partial charge is 0.466 e. The van der Waals surface area contributed by atoms with Crippen LogP contribution in [0.4, 0.5) is 10.2 Å². The number of aromatic nitrogens is 2. The lowest BCUT2D eigenvalue weighted by atomic mass is 10.2. The highest BCUT2D eigenvalue weighted by molar-refractivity contribution is 6.05. The van der Waals surface area contributed by atoms with Gasteiger partial charge in [-0.25, -0.2) is 4.39 Å². The molecule has 0 spiro atoms. The number of carbonyl (C=O) groups excluding carboxylic acids is 2. The number of halogens is 1. The molecule has 7 heteroatoms. The summed E-state index contributed by atoms with van der Waals surface area (Å²) in [5, 5.41) is 9.38. The van der Waals surface area contributed by atoms with Crippen LogP contribution < -0.4 is 5.32 Å². The number of anilines is 1. The zero-order chi connectivity index (χ0) is 13.8. The first-order valence-electron chi connectivity index (χ1n) is 5.69. The van der Waals surface area contributed by atoms with Gasteiger partial charge in [0.15, 0.2) is 5.82 Å². The van der Waals surface area contributed by atoms with E-state index in [-0.39, 0.29) is 12.4 Å². The SMILES string of the molecule is CCOC(=O)CC(=O)Nc1n[nH]c2ccc(F)cc12. The van der Waals surface area contributed by atoms with E-state index in [9.17, 15) is 14.0 Å². The van der Waals surface area contributed by atoms with Crippen molar-refractivity contribution in [3.63, 3.8) is 0 Å². The van der Waals surface area contributed by atoms with Gasteiger partial charge >= 0.3 is 5.97 Å². The summed E-state index contributed by atoms with van der Waals surface area (Å²) in [7, 11) is 0. The smallest absolute Gasteiger partial charge is 0.315 e. The number of H-pyrrole nitrogens is 1. The maximum atomic E-state index is 13.1. The zero-order valence-electron chi connectivity index (χ0n) is 10.2. The van der Waals surface area contributed by atoms with Gasteiger partial charge in [-0.1, -0.05) is 0 Å². The van der Waals surface area contributed by atoms with Crippen molar-refractivity contribution in [1.29, 1.82) is 0 Å². The number of nitrogens with one attached hydrogen (secondary N) is 2. The molecule has 0 bridgehead atoms. The van der Waals surface area contributed by atoms with Crippen LogP contribution in [0.15, 0.2) is 18.2 Å². The molecule has 2 rings (SSSR count). The molecule has 1 heterocycles. The predicted octanol–water partition coefficient (Wildman–Crippen LogP) is 1.59. The number of ether oxygens (including phenoxy) is 1. The highest BCUT2D eigenvalue weighted by atomic mass is 19.1. The lowest BCUT2D eigenvalue weighted by molar-refractivity contribution is -0.145. The molecule has 1 aromatic heterocycles. The average Bonchev–Trinajstić information content (AvgIpc) is 2.72. The summed E-state index contributed by atoms with van der Waals surface area (Å²) in [6, 6.07) is 4.04. The van der Waals surface area contributed by atoms with Crippen molar-refractivity contribution in [2.75, 3.05) is 11.9 Å². The number of esters is 1. The first-order chi connectivity index (χ1) is 9.10. The molecule has 0 radical (unpaired) electrons. The van der Waals surface area contributed by atoms with Crippen LogP contribution in [0.2, 0.25) is 0 Å². The fourth-order valence-corrected chi connectivity index (χ4v) is 1.60. The fraction of sp³-hybridized carbons (Fsp3) is 0.250. The second-order valence-corrected chi connectivity index (χ2v) is 3.79. The molecule has 0 aliphatic heterocycles. The van der Waals surface area contributed by atoms with Crippen LogP contribution in [0, 0.1) is 5.82 Å². The molecule has 0 saturated carbocycles. The van der Waals surface area contributed by atoms with Crippen LogP contribution in [0.1, 0.15) is 13.3 Å². The standard InChI is InChI=1S/C12H12FN3O3/c1-2-19-11(18)6-10(17)14-12-8-5-7(13)3-4-9(8)15-16-12/h3-5H,2,6H2,1H3,(H2,14,15,16,17). The topological polar surface area (TPSA) is 84.1 Å². The Morgan fingerprint density at radius 1 is 1.47 bits per heavy atom. The Bertz CT molecular complexity index is 624. The maximum Gasteiger partial charge on any atom is 0.315 e. The third-order valence-electron chi connectivity index (χ3n) is 2.39. The van der Waals surface area contributed by atoms with Gasteiger partial charge in [-0.3, -0.25) is 14.7 Å². The second-order valence-electron chi connectivity index (χ2n) is 3.79. The maximum absolute atomic E-state index is 13.1. The Morgan fingerprint density at radius 2 is 2.26 bits per heavy atom. The molecule has 2 aromatic rings. The number of aromatic amines is 1. The summed E-state index contributed by atoms with van der Waals surface area (Å²) in [4.78, 5) is 22.7. The molecule has 6 nitrogen and oxygen atoms in total. The van der Waals surface area contributed by atoms with Crippen LogP contribution in [-0.2, 0) is 14.3 Å². The van der Waals surface area contributed by atoms with Crippen molar-refractivity contribution in [2.24, 2.45) is 0 Å². The van der Waals surface area contributed by atoms with E-state index in [2.05, 4.69) is 20.3 Å². The van der Waals surface area contributed by atoms with Gasteiger partial charge in [0, 0.05) is 5.39 Å². The number of hydrogen-bond donors (Lipinski definition) is 2. The molecule has 19 heavy (non-hydrogen) atoms. The normalized spacial score (nSPS) is 10.4. The number of carbonyl (C=O) groups is 2. The fourth-order valence-electron chi connectivity index (χ4n) is 1.60. The minimum Gasteiger partial charge on any atom is -0.466 e. The highest BCUT2D eigenvalue weighted by Crippen LogP contribution is 2.21. The van der Waals surface area contributed by atoms with Crippen LogP contribution in [0.25, 0.3) is 10.9 Å². The van der Waals surface area contributed by atoms with Crippen molar-refractivity contribution < 1.29 is 18.7 Å². The summed E-state index contributed by atoms with van der Waals surface area (Å²) in [5.74, 6) is -1.43. The van der Waals surface area contributed by atoms with Gasteiger partial charge in [0.05, 0.1) is 12.1 Å². The number of nitrogens with zero attached hydrogens (tertiary/aromatic N) is 1. The van der Waals surface area contributed by atoms with Crippen molar-refractivity contribution in [3.05, 3.63) is 24.0 Å². The summed E-state index contributed by atoms with van der Waals surface area (Å²) in [6.45, 7) is 1.86. The molecule has 0 aliphatic carbocycles. The van der Waals surface area contributed by atoms with E-state index in [1.165, 1.54) is 18.2 Å². The molecule has 0 unspecified atom stereocenters. The number of amides is 1. The van der Waals surface area contributed by atoms with E-state index in [1.807, 2.05) is 0 Å². The monoisotopic (exact) mass is 265 g/mol. The van der Waals surface area contributed by atoms with Crippen molar-refractivity contribution in [2.45, 2.75) is 13.3 Å². The summed E-state index contributed by atoms with van der Waals surface area (Å²) < 4.78 is 17.8. The Balaban J connectivity index is 2.11. The molecule has 0 atom stereocenters. The first-order valence-corrected chi connectivity index (χ1v) is 5.69. The molecular weight excluding hydrogens is 253 g/mol. The van der Waals surface area contributed by atoms with Crippen molar-refractivity contribution >= 4 is 28.6 Å². The minimum absolute atomic E-state index is 0.184. The van der Waals surface area contributed by atoms with Gasteiger partial charge in [0.1, 0.15) is 12.2 Å². The molecule has 0 aliphatic rings. The van der Waals surface area contributed by atoms with E-state index < -0.39 is 24.1 Å². The number of fused-ring (bicyclic) bond motifs is 1. The van der Waals surface area contributed by atoms with E-state index in [0.29, 0.717) is 10.9 Å². The van der Waals surface area contributed by atoms with Gasteiger partial charge in [-0.05, 0) is 25.1 Å². The summed E-state index contributed by atoms with van der Waals surface area (Å²) in [6.07, 6.45) is -0.405. The molecule has 0 saturated heterocycles. The van der Waals surface area contributed by atoms with E-state index in [4.69, 9.17) is 0 Å². The predicted molar refractivity (Wildman–Crippen MR) is 65.9 cm³/mol. The first kappa shape index (κ1) is 13.0. The van der Waals surface area contributed by atoms with E-state index >= 15 is 0 Å². The van der Waals surface area contributed by atoms with Gasteiger partial charge < -0.3 is 10.1 Å². The number of benzene rings is 1. The summed E-state index contributed by atoms with van der Waals surface area (Å²) >= 11 is 0. The van der Waals surface area contributed by atoms with Gasteiger partial charge in [0.2, 0.25) is 5.91 Å². The quantitative estimate of drug-likeness (QED) is 0.649. The van der Waals surface area contributed by atoms with Gasteiger partial charge in [0.25, 0.3) is 0 Å². The molecule has 100 valence electrons. The zero-order valence-corrected chi connectivity index (χ0v) is 10.2. The minimum atomic E-state index is -0.619. The van der Waals surface area contributed by atoms with E-state index in [0.717, 1.165) is 0 Å². The Hall–Kier alpha value is -2.44. The molecule has 2 N–H and O–H groups in total. The van der Waals surface area contributed by atoms with Gasteiger partial charge in [-0.15, -0.1) is 0 Å². The van der Waals surface area contributed by atoms with Crippen LogP contribution >= 0.6 is 0 Å². The van der Waals surface area contributed by atoms with Crippen LogP contribution in [0.5, 0.6) is 0 Å². The summed E-state index contributed by atoms with van der Waals surface area (Å²) in [5.41, 5.74) is 0.591. The van der Waals surface area contributed by atoms with Gasteiger partial charge in [-0.2, -0.15) is 5.10 Å². The molecule has 0 fully saturated rings. The van der Waals surface area contributed by atoms with Crippen LogP contribution in [0.3, 0.4) is 0 Å². The Morgan fingerprint density at radius 3 is 3.00 bits per heavy atom. The second kappa shape index (κ2) is 5.47.